The van der Waals surface area contributed by atoms with Crippen molar-refractivity contribution in [3.63, 3.8) is 0 Å². The number of fused-ring (bicyclic) bond motifs is 3. The number of carbonyl (C=O) groups is 1. The summed E-state index contributed by atoms with van der Waals surface area (Å²) in [6.45, 7) is 4.79. The van der Waals surface area contributed by atoms with Crippen LogP contribution in [0.1, 0.15) is 27.0 Å². The van der Waals surface area contributed by atoms with Gasteiger partial charge in [0.2, 0.25) is 5.88 Å². The average Bonchev–Trinajstić information content (AvgIpc) is 3.12. The molecular formula is C19H17NO4. The fourth-order valence-corrected chi connectivity index (χ4v) is 3.34. The fraction of sp³-hybridized carbons (Fsp3) is 0.211. The summed E-state index contributed by atoms with van der Waals surface area (Å²) < 4.78 is 7.59. The quantitative estimate of drug-likeness (QED) is 0.561. The maximum Gasteiger partial charge on any atom is 0.206 e. The molecule has 24 heavy (non-hydrogen) atoms. The van der Waals surface area contributed by atoms with Crippen LogP contribution in [0.15, 0.2) is 30.3 Å². The van der Waals surface area contributed by atoms with E-state index in [9.17, 15) is 15.0 Å². The van der Waals surface area contributed by atoms with Crippen molar-refractivity contribution < 1.29 is 19.7 Å². The van der Waals surface area contributed by atoms with Gasteiger partial charge in [-0.2, -0.15) is 0 Å². The Morgan fingerprint density at radius 3 is 2.58 bits per heavy atom. The molecule has 0 radical (unpaired) electrons. The number of ketones is 1. The number of phenols is 2. The van der Waals surface area contributed by atoms with Gasteiger partial charge >= 0.3 is 0 Å². The molecule has 0 aliphatic carbocycles. The third kappa shape index (κ3) is 1.91. The molecule has 0 bridgehead atoms. The normalized spacial score (nSPS) is 13.1. The zero-order chi connectivity index (χ0) is 17.0. The number of nitrogens with zero attached hydrogens (tertiary/aromatic N) is 1. The van der Waals surface area contributed by atoms with Crippen LogP contribution in [0.2, 0.25) is 0 Å². The Balaban J connectivity index is 2.02. The fourth-order valence-electron chi connectivity index (χ4n) is 3.34. The molecule has 1 aromatic heterocycles. The smallest absolute Gasteiger partial charge is 0.206 e. The van der Waals surface area contributed by atoms with Crippen LogP contribution in [0.4, 0.5) is 0 Å². The number of aryl methyl sites for hydroxylation is 2. The maximum atomic E-state index is 13.1. The molecule has 3 aromatic rings. The summed E-state index contributed by atoms with van der Waals surface area (Å²) >= 11 is 0. The SMILES string of the molecule is Cc1ccc(C(=O)c2c3n(c4c(C)c(O)c(O)cc24)CCO3)cc1. The number of benzene rings is 2. The molecule has 0 saturated heterocycles. The predicted molar refractivity (Wildman–Crippen MR) is 90.1 cm³/mol. The second-order valence-corrected chi connectivity index (χ2v) is 6.14. The number of ether oxygens (including phenoxy) is 1. The Kier molecular flexibility index (Phi) is 3.06. The Morgan fingerprint density at radius 1 is 1.17 bits per heavy atom. The lowest BCUT2D eigenvalue weighted by Crippen LogP contribution is -2.03. The second kappa shape index (κ2) is 5.03. The summed E-state index contributed by atoms with van der Waals surface area (Å²) in [5, 5.41) is 20.6. The van der Waals surface area contributed by atoms with E-state index in [0.717, 1.165) is 11.1 Å². The lowest BCUT2D eigenvalue weighted by Gasteiger charge is -2.07. The molecule has 0 fully saturated rings. The first-order valence-corrected chi connectivity index (χ1v) is 7.81. The Morgan fingerprint density at radius 2 is 1.88 bits per heavy atom. The van der Waals surface area contributed by atoms with Crippen molar-refractivity contribution in [3.8, 4) is 17.4 Å². The first-order chi connectivity index (χ1) is 11.5. The first-order valence-electron chi connectivity index (χ1n) is 7.81. The topological polar surface area (TPSA) is 71.7 Å². The molecule has 122 valence electrons. The van der Waals surface area contributed by atoms with E-state index in [2.05, 4.69) is 0 Å². The molecule has 0 amide bonds. The number of aromatic hydroxyl groups is 2. The number of rotatable bonds is 2. The number of aromatic nitrogens is 1. The van der Waals surface area contributed by atoms with E-state index < -0.39 is 0 Å². The van der Waals surface area contributed by atoms with E-state index in [1.807, 2.05) is 23.6 Å². The standard InChI is InChI=1S/C19H17NO4/c1-10-3-5-12(6-4-10)18(23)15-13-9-14(21)17(22)11(2)16(13)20-7-8-24-19(15)20/h3-6,9,21-22H,7-8H2,1-2H3. The Hall–Kier alpha value is -2.95. The highest BCUT2D eigenvalue weighted by molar-refractivity contribution is 6.19. The molecule has 2 N–H and O–H groups in total. The van der Waals surface area contributed by atoms with Crippen LogP contribution in [0.3, 0.4) is 0 Å². The molecule has 0 unspecified atom stereocenters. The van der Waals surface area contributed by atoms with Crippen molar-refractivity contribution in [2.75, 3.05) is 6.61 Å². The summed E-state index contributed by atoms with van der Waals surface area (Å²) in [7, 11) is 0. The van der Waals surface area contributed by atoms with Crippen LogP contribution >= 0.6 is 0 Å². The summed E-state index contributed by atoms with van der Waals surface area (Å²) in [6.07, 6.45) is 0. The van der Waals surface area contributed by atoms with Gasteiger partial charge in [0, 0.05) is 16.5 Å². The highest BCUT2D eigenvalue weighted by Crippen LogP contribution is 2.43. The van der Waals surface area contributed by atoms with E-state index in [0.29, 0.717) is 41.1 Å². The van der Waals surface area contributed by atoms with Gasteiger partial charge in [0.15, 0.2) is 17.3 Å². The van der Waals surface area contributed by atoms with Gasteiger partial charge in [0.25, 0.3) is 0 Å². The van der Waals surface area contributed by atoms with Gasteiger partial charge in [-0.15, -0.1) is 0 Å². The highest BCUT2D eigenvalue weighted by Gasteiger charge is 2.30. The molecule has 4 rings (SSSR count). The first kappa shape index (κ1) is 14.6. The number of carbonyl (C=O) groups excluding carboxylic acids is 1. The van der Waals surface area contributed by atoms with E-state index in [1.165, 1.54) is 6.07 Å². The monoisotopic (exact) mass is 323 g/mol. The number of hydrogen-bond donors (Lipinski definition) is 2. The molecule has 2 aromatic carbocycles. The van der Waals surface area contributed by atoms with Crippen molar-refractivity contribution in [1.29, 1.82) is 0 Å². The van der Waals surface area contributed by atoms with Crippen molar-refractivity contribution in [1.82, 2.24) is 4.57 Å². The molecule has 0 saturated carbocycles. The van der Waals surface area contributed by atoms with Gasteiger partial charge in [-0.1, -0.05) is 29.8 Å². The van der Waals surface area contributed by atoms with Gasteiger partial charge in [-0.05, 0) is 19.9 Å². The average molecular weight is 323 g/mol. The largest absolute Gasteiger partial charge is 0.504 e. The molecular weight excluding hydrogens is 306 g/mol. The maximum absolute atomic E-state index is 13.1. The lowest BCUT2D eigenvalue weighted by molar-refractivity contribution is 0.103. The molecule has 1 aliphatic heterocycles. The van der Waals surface area contributed by atoms with Crippen LogP contribution in [0.25, 0.3) is 10.9 Å². The molecule has 0 spiro atoms. The molecule has 2 heterocycles. The van der Waals surface area contributed by atoms with Crippen molar-refractivity contribution >= 4 is 16.7 Å². The van der Waals surface area contributed by atoms with Crippen molar-refractivity contribution in [2.45, 2.75) is 20.4 Å². The zero-order valence-corrected chi connectivity index (χ0v) is 13.5. The number of phenolic OH excluding ortho intramolecular Hbond substituents is 2. The minimum Gasteiger partial charge on any atom is -0.504 e. The summed E-state index contributed by atoms with van der Waals surface area (Å²) in [6, 6.07) is 8.79. The molecule has 1 aliphatic rings. The minimum atomic E-state index is -0.234. The van der Waals surface area contributed by atoms with E-state index >= 15 is 0 Å². The van der Waals surface area contributed by atoms with Gasteiger partial charge < -0.3 is 19.5 Å². The van der Waals surface area contributed by atoms with Gasteiger partial charge in [-0.3, -0.25) is 4.79 Å². The Labute approximate surface area is 138 Å². The third-order valence-corrected chi connectivity index (χ3v) is 4.58. The predicted octanol–water partition coefficient (Wildman–Crippen LogP) is 3.29. The van der Waals surface area contributed by atoms with Gasteiger partial charge in [-0.25, -0.2) is 0 Å². The molecule has 5 nitrogen and oxygen atoms in total. The van der Waals surface area contributed by atoms with Crippen LogP contribution < -0.4 is 4.74 Å². The van der Waals surface area contributed by atoms with Crippen LogP contribution in [0.5, 0.6) is 17.4 Å². The van der Waals surface area contributed by atoms with Gasteiger partial charge in [0.05, 0.1) is 17.6 Å². The lowest BCUT2D eigenvalue weighted by atomic mass is 9.99. The molecule has 5 heteroatoms. The van der Waals surface area contributed by atoms with Gasteiger partial charge in [0.1, 0.15) is 6.61 Å². The summed E-state index contributed by atoms with van der Waals surface area (Å²) in [5.74, 6) is -0.0462. The van der Waals surface area contributed by atoms with E-state index in [4.69, 9.17) is 4.74 Å². The summed E-state index contributed by atoms with van der Waals surface area (Å²) in [4.78, 5) is 13.1. The van der Waals surface area contributed by atoms with E-state index in [-0.39, 0.29) is 17.3 Å². The van der Waals surface area contributed by atoms with Crippen LogP contribution in [0, 0.1) is 13.8 Å². The van der Waals surface area contributed by atoms with Crippen LogP contribution in [-0.4, -0.2) is 27.2 Å². The Bertz CT molecular complexity index is 983. The third-order valence-electron chi connectivity index (χ3n) is 4.58. The van der Waals surface area contributed by atoms with Crippen LogP contribution in [-0.2, 0) is 6.54 Å². The minimum absolute atomic E-state index is 0.153. The highest BCUT2D eigenvalue weighted by atomic mass is 16.5. The number of hydrogen-bond acceptors (Lipinski definition) is 4. The second-order valence-electron chi connectivity index (χ2n) is 6.14. The van der Waals surface area contributed by atoms with Crippen molar-refractivity contribution in [3.05, 3.63) is 52.6 Å². The van der Waals surface area contributed by atoms with E-state index in [1.54, 1.807) is 19.1 Å². The van der Waals surface area contributed by atoms with Crippen molar-refractivity contribution in [2.24, 2.45) is 0 Å². The zero-order valence-electron chi connectivity index (χ0n) is 13.5. The summed E-state index contributed by atoms with van der Waals surface area (Å²) in [5.41, 5.74) is 3.35. The molecule has 0 atom stereocenters.